The first-order valence-electron chi connectivity index (χ1n) is 7.13. The van der Waals surface area contributed by atoms with Gasteiger partial charge in [0.2, 0.25) is 10.0 Å². The van der Waals surface area contributed by atoms with Gasteiger partial charge in [0.25, 0.3) is 0 Å². The molecule has 0 atom stereocenters. The van der Waals surface area contributed by atoms with Crippen molar-refractivity contribution in [1.82, 2.24) is 0 Å². The topological polar surface area (TPSA) is 78.6 Å². The molecule has 0 aromatic heterocycles. The van der Waals surface area contributed by atoms with E-state index in [2.05, 4.69) is 6.92 Å². The van der Waals surface area contributed by atoms with E-state index in [-0.39, 0.29) is 4.90 Å². The monoisotopic (exact) mass is 315 g/mol. The quantitative estimate of drug-likeness (QED) is 0.747. The highest BCUT2D eigenvalue weighted by Crippen LogP contribution is 2.30. The van der Waals surface area contributed by atoms with Crippen LogP contribution in [-0.4, -0.2) is 28.2 Å². The van der Waals surface area contributed by atoms with Crippen molar-refractivity contribution in [2.24, 2.45) is 5.14 Å². The molecule has 5 nitrogen and oxygen atoms in total. The van der Waals surface area contributed by atoms with Gasteiger partial charge in [-0.25, -0.2) is 13.6 Å². The third-order valence-corrected chi connectivity index (χ3v) is 4.44. The molecule has 6 heteroatoms. The highest BCUT2D eigenvalue weighted by Gasteiger charge is 2.18. The smallest absolute Gasteiger partial charge is 0.238 e. The SMILES string of the molecule is CCCCOCCOc1c(C)cc(S(N)(=O)=O)c(C)c1C. The minimum atomic E-state index is -3.71. The third-order valence-electron chi connectivity index (χ3n) is 3.40. The van der Waals surface area contributed by atoms with E-state index in [0.717, 1.165) is 30.6 Å². The van der Waals surface area contributed by atoms with E-state index in [1.165, 1.54) is 0 Å². The fourth-order valence-corrected chi connectivity index (χ4v) is 3.01. The van der Waals surface area contributed by atoms with Gasteiger partial charge in [-0.3, -0.25) is 0 Å². The molecule has 0 aliphatic carbocycles. The van der Waals surface area contributed by atoms with Crippen LogP contribution in [0.4, 0.5) is 0 Å². The van der Waals surface area contributed by atoms with E-state index < -0.39 is 10.0 Å². The van der Waals surface area contributed by atoms with Gasteiger partial charge >= 0.3 is 0 Å². The fraction of sp³-hybridized carbons (Fsp3) is 0.600. The number of primary sulfonamides is 1. The Kier molecular flexibility index (Phi) is 6.64. The Morgan fingerprint density at radius 2 is 1.76 bits per heavy atom. The second kappa shape index (κ2) is 7.77. The molecule has 0 radical (unpaired) electrons. The molecule has 0 unspecified atom stereocenters. The molecule has 0 fully saturated rings. The molecule has 0 bridgehead atoms. The van der Waals surface area contributed by atoms with Crippen molar-refractivity contribution in [2.75, 3.05) is 19.8 Å². The van der Waals surface area contributed by atoms with Crippen LogP contribution in [0.3, 0.4) is 0 Å². The number of sulfonamides is 1. The van der Waals surface area contributed by atoms with Crippen molar-refractivity contribution in [1.29, 1.82) is 0 Å². The molecule has 1 aromatic carbocycles. The highest BCUT2D eigenvalue weighted by molar-refractivity contribution is 7.89. The normalized spacial score (nSPS) is 11.7. The zero-order valence-corrected chi connectivity index (χ0v) is 14.0. The van der Waals surface area contributed by atoms with E-state index in [0.29, 0.717) is 24.5 Å². The fourth-order valence-electron chi connectivity index (χ4n) is 2.09. The molecule has 0 aliphatic heterocycles. The predicted molar refractivity (Wildman–Crippen MR) is 83.2 cm³/mol. The lowest BCUT2D eigenvalue weighted by Crippen LogP contribution is -2.16. The number of nitrogens with two attached hydrogens (primary N) is 1. The zero-order chi connectivity index (χ0) is 16.0. The van der Waals surface area contributed by atoms with Gasteiger partial charge in [-0.15, -0.1) is 0 Å². The average Bonchev–Trinajstić information content (AvgIpc) is 2.40. The molecule has 2 N–H and O–H groups in total. The lowest BCUT2D eigenvalue weighted by atomic mass is 10.1. The third kappa shape index (κ3) is 4.98. The number of hydrogen-bond donors (Lipinski definition) is 1. The highest BCUT2D eigenvalue weighted by atomic mass is 32.2. The first kappa shape index (κ1) is 17.9. The first-order chi connectivity index (χ1) is 9.79. The van der Waals surface area contributed by atoms with Crippen LogP contribution in [0.2, 0.25) is 0 Å². The van der Waals surface area contributed by atoms with Crippen molar-refractivity contribution in [3.05, 3.63) is 22.8 Å². The van der Waals surface area contributed by atoms with E-state index in [1.54, 1.807) is 13.0 Å². The lowest BCUT2D eigenvalue weighted by Gasteiger charge is -2.16. The van der Waals surface area contributed by atoms with E-state index in [1.807, 2.05) is 13.8 Å². The van der Waals surface area contributed by atoms with Crippen LogP contribution in [0, 0.1) is 20.8 Å². The molecule has 0 amide bonds. The summed E-state index contributed by atoms with van der Waals surface area (Å²) in [5.41, 5.74) is 2.19. The molecule has 21 heavy (non-hydrogen) atoms. The molecule has 0 heterocycles. The standard InChI is InChI=1S/C15H25NO4S/c1-5-6-7-19-8-9-20-15-11(2)10-14(21(16,17)18)12(3)13(15)4/h10H,5-9H2,1-4H3,(H2,16,17,18). The summed E-state index contributed by atoms with van der Waals surface area (Å²) in [7, 11) is -3.71. The maximum absolute atomic E-state index is 11.5. The second-order valence-corrected chi connectivity index (χ2v) is 6.66. The summed E-state index contributed by atoms with van der Waals surface area (Å²) in [5.74, 6) is 0.707. The van der Waals surface area contributed by atoms with Gasteiger partial charge in [-0.2, -0.15) is 0 Å². The number of rotatable bonds is 8. The van der Waals surface area contributed by atoms with Crippen LogP contribution in [0.15, 0.2) is 11.0 Å². The molecule has 0 saturated carbocycles. The largest absolute Gasteiger partial charge is 0.491 e. The average molecular weight is 315 g/mol. The van der Waals surface area contributed by atoms with Gasteiger partial charge in [0.15, 0.2) is 0 Å². The van der Waals surface area contributed by atoms with Crippen LogP contribution in [0.1, 0.15) is 36.5 Å². The van der Waals surface area contributed by atoms with E-state index >= 15 is 0 Å². The Morgan fingerprint density at radius 1 is 1.10 bits per heavy atom. The summed E-state index contributed by atoms with van der Waals surface area (Å²) in [6.45, 7) is 9.20. The maximum atomic E-state index is 11.5. The Hall–Kier alpha value is -1.11. The summed E-state index contributed by atoms with van der Waals surface area (Å²) in [5, 5.41) is 5.23. The van der Waals surface area contributed by atoms with Crippen LogP contribution in [-0.2, 0) is 14.8 Å². The Labute approximate surface area is 127 Å². The van der Waals surface area contributed by atoms with Crippen LogP contribution < -0.4 is 9.88 Å². The number of aryl methyl sites for hydroxylation is 1. The van der Waals surface area contributed by atoms with E-state index in [9.17, 15) is 8.42 Å². The Bertz CT molecular complexity index is 582. The molecule has 0 saturated heterocycles. The number of hydrogen-bond acceptors (Lipinski definition) is 4. The number of unbranched alkanes of at least 4 members (excludes halogenated alkanes) is 1. The molecular weight excluding hydrogens is 290 g/mol. The van der Waals surface area contributed by atoms with Gasteiger partial charge in [-0.05, 0) is 49.9 Å². The van der Waals surface area contributed by atoms with Gasteiger partial charge in [0.1, 0.15) is 12.4 Å². The van der Waals surface area contributed by atoms with Crippen LogP contribution >= 0.6 is 0 Å². The summed E-state index contributed by atoms with van der Waals surface area (Å²) < 4.78 is 34.3. The maximum Gasteiger partial charge on any atom is 0.238 e. The van der Waals surface area contributed by atoms with Gasteiger partial charge in [-0.1, -0.05) is 13.3 Å². The molecule has 0 spiro atoms. The molecule has 1 rings (SSSR count). The number of benzene rings is 1. The summed E-state index contributed by atoms with van der Waals surface area (Å²) >= 11 is 0. The summed E-state index contributed by atoms with van der Waals surface area (Å²) in [4.78, 5) is 0.157. The second-order valence-electron chi connectivity index (χ2n) is 5.13. The molecule has 120 valence electrons. The van der Waals surface area contributed by atoms with Crippen molar-refractivity contribution >= 4 is 10.0 Å². The van der Waals surface area contributed by atoms with E-state index in [4.69, 9.17) is 14.6 Å². The van der Waals surface area contributed by atoms with Crippen LogP contribution in [0.25, 0.3) is 0 Å². The minimum Gasteiger partial charge on any atom is -0.491 e. The van der Waals surface area contributed by atoms with Gasteiger partial charge < -0.3 is 9.47 Å². The van der Waals surface area contributed by atoms with Gasteiger partial charge in [0.05, 0.1) is 11.5 Å². The first-order valence-corrected chi connectivity index (χ1v) is 8.67. The predicted octanol–water partition coefficient (Wildman–Crippen LogP) is 2.45. The summed E-state index contributed by atoms with van der Waals surface area (Å²) in [6, 6.07) is 1.56. The van der Waals surface area contributed by atoms with Crippen molar-refractivity contribution in [3.8, 4) is 5.75 Å². The van der Waals surface area contributed by atoms with Crippen LogP contribution in [0.5, 0.6) is 5.75 Å². The number of ether oxygens (including phenoxy) is 2. The summed E-state index contributed by atoms with van der Waals surface area (Å²) in [6.07, 6.45) is 2.15. The van der Waals surface area contributed by atoms with Gasteiger partial charge in [0, 0.05) is 6.61 Å². The molecule has 1 aromatic rings. The Balaban J connectivity index is 2.79. The van der Waals surface area contributed by atoms with Crippen molar-refractivity contribution < 1.29 is 17.9 Å². The molecular formula is C15H25NO4S. The lowest BCUT2D eigenvalue weighted by molar-refractivity contribution is 0.0975. The zero-order valence-electron chi connectivity index (χ0n) is 13.2. The molecule has 0 aliphatic rings. The van der Waals surface area contributed by atoms with Crippen molar-refractivity contribution in [3.63, 3.8) is 0 Å². The van der Waals surface area contributed by atoms with Crippen molar-refractivity contribution in [2.45, 2.75) is 45.4 Å². The Morgan fingerprint density at radius 3 is 2.33 bits per heavy atom. The minimum absolute atomic E-state index is 0.157.